The Kier molecular flexibility index (Phi) is 6.28. The van der Waals surface area contributed by atoms with Crippen molar-refractivity contribution < 1.29 is 13.2 Å². The monoisotopic (exact) mass is 353 g/mol. The molecule has 0 radical (unpaired) electrons. The summed E-state index contributed by atoms with van der Waals surface area (Å²) >= 11 is 5.46. The van der Waals surface area contributed by atoms with Crippen LogP contribution in [0.2, 0.25) is 0 Å². The number of thiocarbonyl (C=S) groups is 1. The fraction of sp³-hybridized carbons (Fsp3) is 0.353. The minimum Gasteiger partial charge on any atom is -0.467 e. The molecular formula is C17H21F2N3OS. The first kappa shape index (κ1) is 18.4. The third-order valence-electron chi connectivity index (χ3n) is 3.59. The normalized spacial score (nSPS) is 12.2. The van der Waals surface area contributed by atoms with Gasteiger partial charge in [0.25, 0.3) is 0 Å². The van der Waals surface area contributed by atoms with E-state index in [1.165, 1.54) is 12.1 Å². The maximum absolute atomic E-state index is 13.4. The standard InChI is InChI=1S/C17H21F2N3OS/c1-12(16-5-4-8-23-16)22(7-6-21(2)3)17(24)20-15-10-13(18)9-14(19)11-15/h4-5,8-12H,6-7H2,1-3H3,(H,20,24). The van der Waals surface area contributed by atoms with E-state index in [2.05, 4.69) is 5.32 Å². The van der Waals surface area contributed by atoms with Gasteiger partial charge in [0.05, 0.1) is 12.3 Å². The molecule has 1 heterocycles. The predicted molar refractivity (Wildman–Crippen MR) is 95.0 cm³/mol. The zero-order valence-corrected chi connectivity index (χ0v) is 14.7. The van der Waals surface area contributed by atoms with Gasteiger partial charge in [0.2, 0.25) is 0 Å². The SMILES string of the molecule is CC(c1ccco1)N(CCN(C)C)C(=S)Nc1cc(F)cc(F)c1. The number of anilines is 1. The van der Waals surface area contributed by atoms with Crippen LogP contribution in [-0.2, 0) is 0 Å². The van der Waals surface area contributed by atoms with Gasteiger partial charge in [0, 0.05) is 24.8 Å². The Morgan fingerprint density at radius 2 is 1.88 bits per heavy atom. The van der Waals surface area contributed by atoms with Crippen LogP contribution in [0.5, 0.6) is 0 Å². The number of nitrogens with one attached hydrogen (secondary N) is 1. The van der Waals surface area contributed by atoms with Gasteiger partial charge in [-0.05, 0) is 57.5 Å². The molecule has 0 saturated heterocycles. The Bertz CT molecular complexity index is 656. The Balaban J connectivity index is 2.16. The Morgan fingerprint density at radius 3 is 2.42 bits per heavy atom. The highest BCUT2D eigenvalue weighted by Crippen LogP contribution is 2.22. The molecule has 7 heteroatoms. The lowest BCUT2D eigenvalue weighted by atomic mass is 10.2. The van der Waals surface area contributed by atoms with Gasteiger partial charge in [-0.3, -0.25) is 0 Å². The number of furan rings is 1. The first-order valence-corrected chi connectivity index (χ1v) is 7.99. The summed E-state index contributed by atoms with van der Waals surface area (Å²) in [6, 6.07) is 6.81. The molecule has 1 atom stereocenters. The lowest BCUT2D eigenvalue weighted by Gasteiger charge is -2.31. The summed E-state index contributed by atoms with van der Waals surface area (Å²) < 4.78 is 32.2. The fourth-order valence-corrected chi connectivity index (χ4v) is 2.65. The molecule has 1 aromatic carbocycles. The van der Waals surface area contributed by atoms with Gasteiger partial charge in [-0.15, -0.1) is 0 Å². The molecular weight excluding hydrogens is 332 g/mol. The van der Waals surface area contributed by atoms with Gasteiger partial charge in [-0.2, -0.15) is 0 Å². The van der Waals surface area contributed by atoms with Crippen LogP contribution >= 0.6 is 12.2 Å². The summed E-state index contributed by atoms with van der Waals surface area (Å²) in [4.78, 5) is 3.96. The topological polar surface area (TPSA) is 31.7 Å². The van der Waals surface area contributed by atoms with Crippen molar-refractivity contribution in [3.63, 3.8) is 0 Å². The number of hydrogen-bond acceptors (Lipinski definition) is 3. The van der Waals surface area contributed by atoms with E-state index < -0.39 is 11.6 Å². The fourth-order valence-electron chi connectivity index (χ4n) is 2.28. The van der Waals surface area contributed by atoms with Crippen LogP contribution < -0.4 is 5.32 Å². The summed E-state index contributed by atoms with van der Waals surface area (Å²) in [5.41, 5.74) is 0.277. The van der Waals surface area contributed by atoms with E-state index in [1.54, 1.807) is 6.26 Å². The lowest BCUT2D eigenvalue weighted by molar-refractivity contribution is 0.263. The summed E-state index contributed by atoms with van der Waals surface area (Å²) in [5.74, 6) is -0.540. The number of rotatable bonds is 6. The largest absolute Gasteiger partial charge is 0.467 e. The van der Waals surface area contributed by atoms with E-state index in [9.17, 15) is 8.78 Å². The Hall–Kier alpha value is -1.99. The molecule has 0 aliphatic carbocycles. The van der Waals surface area contributed by atoms with Gasteiger partial charge in [0.15, 0.2) is 5.11 Å². The molecule has 0 bridgehead atoms. The van der Waals surface area contributed by atoms with E-state index >= 15 is 0 Å². The third kappa shape index (κ3) is 5.01. The highest BCUT2D eigenvalue weighted by Gasteiger charge is 2.21. The van der Waals surface area contributed by atoms with Crippen molar-refractivity contribution in [1.29, 1.82) is 0 Å². The Morgan fingerprint density at radius 1 is 1.21 bits per heavy atom. The van der Waals surface area contributed by atoms with Crippen molar-refractivity contribution in [2.24, 2.45) is 0 Å². The minimum atomic E-state index is -0.653. The van der Waals surface area contributed by atoms with E-state index in [0.29, 0.717) is 11.7 Å². The number of benzene rings is 1. The number of halogens is 2. The van der Waals surface area contributed by atoms with Crippen LogP contribution in [0.1, 0.15) is 18.7 Å². The highest BCUT2D eigenvalue weighted by molar-refractivity contribution is 7.80. The number of nitrogens with zero attached hydrogens (tertiary/aromatic N) is 2. The lowest BCUT2D eigenvalue weighted by Crippen LogP contribution is -2.40. The summed E-state index contributed by atoms with van der Waals surface area (Å²) in [6.07, 6.45) is 1.61. The zero-order valence-electron chi connectivity index (χ0n) is 13.9. The van der Waals surface area contributed by atoms with E-state index in [-0.39, 0.29) is 11.7 Å². The molecule has 0 fully saturated rings. The molecule has 2 aromatic rings. The van der Waals surface area contributed by atoms with Crippen LogP contribution in [-0.4, -0.2) is 42.1 Å². The summed E-state index contributed by atoms with van der Waals surface area (Å²) in [7, 11) is 3.93. The van der Waals surface area contributed by atoms with E-state index in [4.69, 9.17) is 16.6 Å². The summed E-state index contributed by atoms with van der Waals surface area (Å²) in [5, 5.41) is 3.29. The molecule has 0 aliphatic heterocycles. The van der Waals surface area contributed by atoms with Gasteiger partial charge in [-0.25, -0.2) is 8.78 Å². The van der Waals surface area contributed by atoms with Crippen LogP contribution in [0.15, 0.2) is 41.0 Å². The van der Waals surface area contributed by atoms with Crippen molar-refractivity contribution in [2.45, 2.75) is 13.0 Å². The van der Waals surface area contributed by atoms with Crippen molar-refractivity contribution in [1.82, 2.24) is 9.80 Å². The average molecular weight is 353 g/mol. The second kappa shape index (κ2) is 8.21. The first-order chi connectivity index (χ1) is 11.4. The number of likely N-dealkylation sites (N-methyl/N-ethyl adjacent to an activating group) is 1. The van der Waals surface area contributed by atoms with Gasteiger partial charge >= 0.3 is 0 Å². The van der Waals surface area contributed by atoms with E-state index in [0.717, 1.165) is 18.4 Å². The zero-order chi connectivity index (χ0) is 17.7. The van der Waals surface area contributed by atoms with E-state index in [1.807, 2.05) is 43.0 Å². The molecule has 24 heavy (non-hydrogen) atoms. The predicted octanol–water partition coefficient (Wildman–Crippen LogP) is 3.88. The second-order valence-corrected chi connectivity index (χ2v) is 6.16. The Labute approximate surface area is 146 Å². The smallest absolute Gasteiger partial charge is 0.174 e. The minimum absolute atomic E-state index is 0.113. The van der Waals surface area contributed by atoms with Crippen molar-refractivity contribution in [3.8, 4) is 0 Å². The molecule has 0 aliphatic rings. The molecule has 4 nitrogen and oxygen atoms in total. The van der Waals surface area contributed by atoms with Crippen LogP contribution in [0.3, 0.4) is 0 Å². The highest BCUT2D eigenvalue weighted by atomic mass is 32.1. The quantitative estimate of drug-likeness (QED) is 0.797. The molecule has 0 spiro atoms. The molecule has 1 unspecified atom stereocenters. The van der Waals surface area contributed by atoms with Crippen LogP contribution in [0.4, 0.5) is 14.5 Å². The number of hydrogen-bond donors (Lipinski definition) is 1. The van der Waals surface area contributed by atoms with Crippen LogP contribution in [0, 0.1) is 11.6 Å². The molecule has 0 amide bonds. The van der Waals surface area contributed by atoms with Gasteiger partial charge in [0.1, 0.15) is 17.4 Å². The maximum Gasteiger partial charge on any atom is 0.174 e. The average Bonchev–Trinajstić information content (AvgIpc) is 2.99. The summed E-state index contributed by atoms with van der Waals surface area (Å²) in [6.45, 7) is 3.37. The first-order valence-electron chi connectivity index (χ1n) is 7.58. The molecule has 1 N–H and O–H groups in total. The third-order valence-corrected chi connectivity index (χ3v) is 3.92. The second-order valence-electron chi connectivity index (χ2n) is 5.78. The molecule has 1 aromatic heterocycles. The van der Waals surface area contributed by atoms with Crippen molar-refractivity contribution in [2.75, 3.05) is 32.5 Å². The maximum atomic E-state index is 13.4. The molecule has 0 saturated carbocycles. The molecule has 2 rings (SSSR count). The van der Waals surface area contributed by atoms with Gasteiger partial charge < -0.3 is 19.5 Å². The van der Waals surface area contributed by atoms with Gasteiger partial charge in [-0.1, -0.05) is 0 Å². The molecule has 130 valence electrons. The van der Waals surface area contributed by atoms with Crippen molar-refractivity contribution in [3.05, 3.63) is 54.0 Å². The van der Waals surface area contributed by atoms with Crippen LogP contribution in [0.25, 0.3) is 0 Å². The van der Waals surface area contributed by atoms with Crippen molar-refractivity contribution >= 4 is 23.0 Å².